The van der Waals surface area contributed by atoms with Gasteiger partial charge in [0.05, 0.1) is 21.6 Å². The number of benzene rings is 1. The van der Waals surface area contributed by atoms with Gasteiger partial charge in [0, 0.05) is 24.2 Å². The van der Waals surface area contributed by atoms with E-state index >= 15 is 0 Å². The summed E-state index contributed by atoms with van der Waals surface area (Å²) in [5.41, 5.74) is 2.33. The summed E-state index contributed by atoms with van der Waals surface area (Å²) in [7, 11) is 0. The minimum absolute atomic E-state index is 0.0697. The first-order valence-electron chi connectivity index (χ1n) is 7.23. The Morgan fingerprint density at radius 3 is 2.83 bits per heavy atom. The van der Waals surface area contributed by atoms with E-state index in [-0.39, 0.29) is 5.91 Å². The minimum Gasteiger partial charge on any atom is -0.338 e. The molecule has 1 fully saturated rings. The first-order chi connectivity index (χ1) is 11.1. The van der Waals surface area contributed by atoms with Crippen LogP contribution in [0.5, 0.6) is 0 Å². The van der Waals surface area contributed by atoms with Crippen molar-refractivity contribution in [1.82, 2.24) is 15.0 Å². The third kappa shape index (κ3) is 2.56. The Morgan fingerprint density at radius 2 is 2.04 bits per heavy atom. The number of nitrogens with one attached hydrogen (secondary N) is 1. The zero-order valence-corrected chi connectivity index (χ0v) is 13.5. The molecular weight excluding hydrogens is 335 g/mol. The third-order valence-electron chi connectivity index (χ3n) is 3.86. The fourth-order valence-corrected chi connectivity index (χ4v) is 3.13. The van der Waals surface area contributed by atoms with Gasteiger partial charge in [-0.3, -0.25) is 9.69 Å². The predicted molar refractivity (Wildman–Crippen MR) is 90.9 cm³/mol. The van der Waals surface area contributed by atoms with Crippen LogP contribution in [0.2, 0.25) is 10.0 Å². The van der Waals surface area contributed by atoms with Crippen LogP contribution in [0.15, 0.2) is 30.5 Å². The van der Waals surface area contributed by atoms with Gasteiger partial charge in [-0.15, -0.1) is 0 Å². The number of H-pyrrole nitrogens is 1. The van der Waals surface area contributed by atoms with Crippen molar-refractivity contribution in [2.45, 2.75) is 12.8 Å². The van der Waals surface area contributed by atoms with Gasteiger partial charge < -0.3 is 4.98 Å². The molecule has 1 aromatic carbocycles. The second-order valence-corrected chi connectivity index (χ2v) is 6.29. The van der Waals surface area contributed by atoms with Crippen LogP contribution in [0, 0.1) is 0 Å². The number of rotatable bonds is 2. The lowest BCUT2D eigenvalue weighted by atomic mass is 10.2. The lowest BCUT2D eigenvalue weighted by Gasteiger charge is -2.17. The molecular formula is C16H12Cl2N4O. The third-order valence-corrected chi connectivity index (χ3v) is 4.30. The molecule has 1 N–H and O–H groups in total. The smallest absolute Gasteiger partial charge is 0.228 e. The van der Waals surface area contributed by atoms with Crippen LogP contribution in [0.25, 0.3) is 22.4 Å². The number of halogens is 2. The Kier molecular flexibility index (Phi) is 3.47. The number of nitrogens with zero attached hydrogens (tertiary/aromatic N) is 3. The van der Waals surface area contributed by atoms with Gasteiger partial charge in [-0.05, 0) is 30.7 Å². The molecule has 2 aromatic heterocycles. The number of hydrogen-bond acceptors (Lipinski definition) is 3. The summed E-state index contributed by atoms with van der Waals surface area (Å²) in [6, 6.07) is 7.22. The van der Waals surface area contributed by atoms with Gasteiger partial charge in [0.1, 0.15) is 11.6 Å². The van der Waals surface area contributed by atoms with Gasteiger partial charge in [-0.2, -0.15) is 0 Å². The number of carbonyl (C=O) groups excluding carboxylic acids is 1. The fourth-order valence-electron chi connectivity index (χ4n) is 2.80. The number of imidazole rings is 1. The quantitative estimate of drug-likeness (QED) is 0.760. The van der Waals surface area contributed by atoms with Crippen LogP contribution in [0.4, 0.5) is 5.82 Å². The number of hydrogen-bond donors (Lipinski definition) is 1. The van der Waals surface area contributed by atoms with E-state index in [9.17, 15) is 4.79 Å². The van der Waals surface area contributed by atoms with E-state index in [1.807, 2.05) is 12.1 Å². The number of aromatic amines is 1. The number of fused-ring (bicyclic) bond motifs is 1. The van der Waals surface area contributed by atoms with Gasteiger partial charge in [0.15, 0.2) is 0 Å². The monoisotopic (exact) mass is 346 g/mol. The van der Waals surface area contributed by atoms with Gasteiger partial charge in [-0.25, -0.2) is 9.97 Å². The maximum atomic E-state index is 12.1. The molecule has 1 aliphatic heterocycles. The van der Waals surface area contributed by atoms with Gasteiger partial charge in [0.25, 0.3) is 0 Å². The standard InChI is InChI=1S/C16H12Cl2N4O/c17-9-3-4-12-13(7-9)21-15(20-12)11-6-10(18)8-19-16(11)22-5-1-2-14(22)23/h3-4,6-8H,1-2,5H2,(H,20,21). The molecule has 7 heteroatoms. The number of amides is 1. The highest BCUT2D eigenvalue weighted by Gasteiger charge is 2.26. The summed E-state index contributed by atoms with van der Waals surface area (Å²) in [4.78, 5) is 25.9. The number of carbonyl (C=O) groups is 1. The van der Waals surface area contributed by atoms with E-state index in [0.717, 1.165) is 17.5 Å². The molecule has 116 valence electrons. The van der Waals surface area contributed by atoms with Crippen LogP contribution in [0.3, 0.4) is 0 Å². The predicted octanol–water partition coefficient (Wildman–Crippen LogP) is 4.06. The molecule has 0 spiro atoms. The van der Waals surface area contributed by atoms with Crippen LogP contribution in [-0.4, -0.2) is 27.4 Å². The summed E-state index contributed by atoms with van der Waals surface area (Å²) in [6.07, 6.45) is 2.92. The van der Waals surface area contributed by atoms with Crippen LogP contribution >= 0.6 is 23.2 Å². The molecule has 0 aliphatic carbocycles. The summed E-state index contributed by atoms with van der Waals surface area (Å²) in [5, 5.41) is 1.13. The Balaban J connectivity index is 1.89. The summed E-state index contributed by atoms with van der Waals surface area (Å²) >= 11 is 12.1. The first-order valence-corrected chi connectivity index (χ1v) is 7.99. The fraction of sp³-hybridized carbons (Fsp3) is 0.188. The van der Waals surface area contributed by atoms with Crippen molar-refractivity contribution >= 4 is 46.0 Å². The second-order valence-electron chi connectivity index (χ2n) is 5.42. The Hall–Kier alpha value is -2.11. The van der Waals surface area contributed by atoms with Crippen molar-refractivity contribution < 1.29 is 4.79 Å². The summed E-state index contributed by atoms with van der Waals surface area (Å²) in [6.45, 7) is 0.659. The molecule has 0 unspecified atom stereocenters. The second kappa shape index (κ2) is 5.51. The maximum Gasteiger partial charge on any atom is 0.228 e. The number of pyridine rings is 1. The highest BCUT2D eigenvalue weighted by molar-refractivity contribution is 6.31. The Labute approximate surface area is 142 Å². The number of anilines is 1. The van der Waals surface area contributed by atoms with Crippen LogP contribution in [-0.2, 0) is 4.79 Å². The van der Waals surface area contributed by atoms with E-state index in [2.05, 4.69) is 15.0 Å². The molecule has 0 radical (unpaired) electrons. The largest absolute Gasteiger partial charge is 0.338 e. The average molecular weight is 347 g/mol. The van der Waals surface area contributed by atoms with E-state index in [0.29, 0.717) is 40.2 Å². The van der Waals surface area contributed by atoms with Crippen molar-refractivity contribution in [3.8, 4) is 11.4 Å². The Bertz CT molecular complexity index is 922. The molecule has 3 heterocycles. The van der Waals surface area contributed by atoms with Crippen molar-refractivity contribution in [2.24, 2.45) is 0 Å². The summed E-state index contributed by atoms with van der Waals surface area (Å²) < 4.78 is 0. The van der Waals surface area contributed by atoms with Crippen LogP contribution < -0.4 is 4.90 Å². The van der Waals surface area contributed by atoms with E-state index < -0.39 is 0 Å². The van der Waals surface area contributed by atoms with Gasteiger partial charge in [0.2, 0.25) is 5.91 Å². The van der Waals surface area contributed by atoms with Crippen molar-refractivity contribution in [2.75, 3.05) is 11.4 Å². The van der Waals surface area contributed by atoms with Crippen molar-refractivity contribution in [3.63, 3.8) is 0 Å². The normalized spacial score (nSPS) is 14.9. The SMILES string of the molecule is O=C1CCCN1c1ncc(Cl)cc1-c1nc2ccc(Cl)cc2[nH]1. The lowest BCUT2D eigenvalue weighted by molar-refractivity contribution is -0.117. The van der Waals surface area contributed by atoms with Crippen molar-refractivity contribution in [1.29, 1.82) is 0 Å². The van der Waals surface area contributed by atoms with E-state index in [1.54, 1.807) is 23.2 Å². The van der Waals surface area contributed by atoms with Gasteiger partial charge >= 0.3 is 0 Å². The lowest BCUT2D eigenvalue weighted by Crippen LogP contribution is -2.25. The summed E-state index contributed by atoms with van der Waals surface area (Å²) in [5.74, 6) is 1.27. The van der Waals surface area contributed by atoms with E-state index in [1.165, 1.54) is 0 Å². The minimum atomic E-state index is 0.0697. The van der Waals surface area contributed by atoms with E-state index in [4.69, 9.17) is 23.2 Å². The molecule has 0 bridgehead atoms. The van der Waals surface area contributed by atoms with Gasteiger partial charge in [-0.1, -0.05) is 23.2 Å². The molecule has 4 rings (SSSR count). The molecule has 1 saturated heterocycles. The number of aromatic nitrogens is 3. The zero-order chi connectivity index (χ0) is 16.0. The molecule has 0 saturated carbocycles. The first kappa shape index (κ1) is 14.5. The maximum absolute atomic E-state index is 12.1. The van der Waals surface area contributed by atoms with Crippen LogP contribution in [0.1, 0.15) is 12.8 Å². The van der Waals surface area contributed by atoms with Crippen molar-refractivity contribution in [3.05, 3.63) is 40.5 Å². The average Bonchev–Trinajstić information content (AvgIpc) is 3.13. The zero-order valence-electron chi connectivity index (χ0n) is 12.0. The topological polar surface area (TPSA) is 61.9 Å². The highest BCUT2D eigenvalue weighted by atomic mass is 35.5. The molecule has 5 nitrogen and oxygen atoms in total. The molecule has 3 aromatic rings. The Morgan fingerprint density at radius 1 is 1.17 bits per heavy atom. The molecule has 1 aliphatic rings. The molecule has 1 amide bonds. The highest BCUT2D eigenvalue weighted by Crippen LogP contribution is 2.33. The molecule has 0 atom stereocenters. The molecule has 23 heavy (non-hydrogen) atoms.